The van der Waals surface area contributed by atoms with Gasteiger partial charge in [0.05, 0.1) is 5.25 Å². The van der Waals surface area contributed by atoms with Gasteiger partial charge in [-0.2, -0.15) is 0 Å². The lowest BCUT2D eigenvalue weighted by Gasteiger charge is -2.42. The fraction of sp³-hybridized carbons (Fsp3) is 0.400. The molecule has 1 fully saturated rings. The molecule has 0 aliphatic carbocycles. The first-order chi connectivity index (χ1) is 6.51. The van der Waals surface area contributed by atoms with E-state index < -0.39 is 22.2 Å². The average Bonchev–Trinajstić information content (AvgIpc) is 2.14. The minimum absolute atomic E-state index is 0.416. The van der Waals surface area contributed by atoms with Crippen molar-refractivity contribution in [2.24, 2.45) is 0 Å². The maximum absolute atomic E-state index is 13.6. The summed E-state index contributed by atoms with van der Waals surface area (Å²) >= 11 is 0.889. The number of benzene rings is 1. The summed E-state index contributed by atoms with van der Waals surface area (Å²) < 4.78 is 39.2. The lowest BCUT2D eigenvalue weighted by Crippen LogP contribution is -2.44. The highest BCUT2D eigenvalue weighted by Crippen LogP contribution is 2.58. The first kappa shape index (κ1) is 9.90. The van der Waals surface area contributed by atoms with Gasteiger partial charge in [-0.25, -0.2) is 13.2 Å². The van der Waals surface area contributed by atoms with Crippen molar-refractivity contribution in [2.45, 2.75) is 23.3 Å². The van der Waals surface area contributed by atoms with Gasteiger partial charge < -0.3 is 0 Å². The van der Waals surface area contributed by atoms with Crippen LogP contribution in [0.1, 0.15) is 17.7 Å². The van der Waals surface area contributed by atoms with Gasteiger partial charge >= 0.3 is 0 Å². The van der Waals surface area contributed by atoms with Crippen LogP contribution in [0, 0.1) is 5.82 Å². The van der Waals surface area contributed by atoms with Crippen LogP contribution in [0.5, 0.6) is 0 Å². The van der Waals surface area contributed by atoms with Crippen LogP contribution in [0.25, 0.3) is 0 Å². The molecule has 76 valence electrons. The molecule has 0 amide bonds. The van der Waals surface area contributed by atoms with Crippen molar-refractivity contribution in [3.8, 4) is 0 Å². The van der Waals surface area contributed by atoms with E-state index in [1.807, 2.05) is 0 Å². The SMILES string of the molecule is CC1(F)C(F)SC1c1cccc(F)c1. The monoisotopic (exact) mass is 218 g/mol. The third kappa shape index (κ3) is 1.41. The van der Waals surface area contributed by atoms with Crippen molar-refractivity contribution in [3.63, 3.8) is 0 Å². The van der Waals surface area contributed by atoms with Gasteiger partial charge in [0, 0.05) is 0 Å². The maximum atomic E-state index is 13.6. The van der Waals surface area contributed by atoms with E-state index in [2.05, 4.69) is 0 Å². The highest BCUT2D eigenvalue weighted by molar-refractivity contribution is 8.01. The van der Waals surface area contributed by atoms with Crippen molar-refractivity contribution < 1.29 is 13.2 Å². The lowest BCUT2D eigenvalue weighted by molar-refractivity contribution is 0.0913. The standard InChI is InChI=1S/C10H9F3S/c1-10(13)8(14-9(10)12)6-3-2-4-7(11)5-6/h2-5,8-9H,1H3. The summed E-state index contributed by atoms with van der Waals surface area (Å²) in [5.41, 5.74) is -2.87. The number of alkyl halides is 2. The number of thioether (sulfide) groups is 1. The number of hydrogen-bond donors (Lipinski definition) is 0. The van der Waals surface area contributed by atoms with Gasteiger partial charge in [-0.05, 0) is 24.6 Å². The smallest absolute Gasteiger partial charge is 0.181 e. The van der Waals surface area contributed by atoms with Gasteiger partial charge in [-0.15, -0.1) is 11.8 Å². The number of halogens is 3. The molecule has 0 N–H and O–H groups in total. The van der Waals surface area contributed by atoms with E-state index >= 15 is 0 Å². The van der Waals surface area contributed by atoms with Gasteiger partial charge in [-0.1, -0.05) is 12.1 Å². The van der Waals surface area contributed by atoms with Crippen molar-refractivity contribution in [3.05, 3.63) is 35.6 Å². The fourth-order valence-corrected chi connectivity index (χ4v) is 2.61. The second kappa shape index (κ2) is 3.19. The molecule has 1 aliphatic rings. The Hall–Kier alpha value is -0.640. The molecule has 1 aromatic carbocycles. The summed E-state index contributed by atoms with van der Waals surface area (Å²) in [6.45, 7) is 1.21. The van der Waals surface area contributed by atoms with Gasteiger partial charge in [0.15, 0.2) is 11.2 Å². The van der Waals surface area contributed by atoms with Crippen LogP contribution in [-0.2, 0) is 0 Å². The molecule has 4 heteroatoms. The highest BCUT2D eigenvalue weighted by Gasteiger charge is 2.55. The largest absolute Gasteiger partial charge is 0.238 e. The van der Waals surface area contributed by atoms with Crippen LogP contribution in [0.3, 0.4) is 0 Å². The summed E-state index contributed by atoms with van der Waals surface area (Å²) in [5, 5.41) is -0.590. The number of hydrogen-bond acceptors (Lipinski definition) is 1. The van der Waals surface area contributed by atoms with Crippen LogP contribution in [0.4, 0.5) is 13.2 Å². The molecule has 0 saturated carbocycles. The molecule has 14 heavy (non-hydrogen) atoms. The third-order valence-electron chi connectivity index (χ3n) is 2.36. The van der Waals surface area contributed by atoms with Crippen LogP contribution in [-0.4, -0.2) is 11.2 Å². The molecule has 3 unspecified atom stereocenters. The van der Waals surface area contributed by atoms with Crippen molar-refractivity contribution in [1.29, 1.82) is 0 Å². The van der Waals surface area contributed by atoms with Gasteiger partial charge in [-0.3, -0.25) is 0 Å². The lowest BCUT2D eigenvalue weighted by atomic mass is 9.97. The molecule has 1 heterocycles. The second-order valence-electron chi connectivity index (χ2n) is 3.54. The predicted octanol–water partition coefficient (Wildman–Crippen LogP) is 3.64. The topological polar surface area (TPSA) is 0 Å². The van der Waals surface area contributed by atoms with Gasteiger partial charge in [0.25, 0.3) is 0 Å². The van der Waals surface area contributed by atoms with Crippen molar-refractivity contribution >= 4 is 11.8 Å². The van der Waals surface area contributed by atoms with E-state index in [1.54, 1.807) is 6.07 Å². The second-order valence-corrected chi connectivity index (χ2v) is 4.70. The van der Waals surface area contributed by atoms with E-state index in [0.29, 0.717) is 5.56 Å². The third-order valence-corrected chi connectivity index (χ3v) is 4.07. The van der Waals surface area contributed by atoms with E-state index in [0.717, 1.165) is 11.8 Å². The molecule has 0 aromatic heterocycles. The van der Waals surface area contributed by atoms with Crippen LogP contribution in [0.15, 0.2) is 24.3 Å². The Bertz CT molecular complexity index is 351. The van der Waals surface area contributed by atoms with Crippen molar-refractivity contribution in [1.82, 2.24) is 0 Å². The van der Waals surface area contributed by atoms with Crippen molar-refractivity contribution in [2.75, 3.05) is 0 Å². The normalized spacial score (nSPS) is 36.6. The Morgan fingerprint density at radius 3 is 2.64 bits per heavy atom. The average molecular weight is 218 g/mol. The molecule has 0 radical (unpaired) electrons. The zero-order chi connectivity index (χ0) is 10.3. The molecular formula is C10H9F3S. The Kier molecular flexibility index (Phi) is 2.26. The molecule has 0 bridgehead atoms. The van der Waals surface area contributed by atoms with E-state index in [1.165, 1.54) is 25.1 Å². The first-order valence-corrected chi connectivity index (χ1v) is 5.20. The van der Waals surface area contributed by atoms with E-state index in [9.17, 15) is 13.2 Å². The summed E-state index contributed by atoms with van der Waals surface area (Å²) in [5.74, 6) is -0.416. The zero-order valence-corrected chi connectivity index (χ0v) is 8.32. The molecule has 3 atom stereocenters. The quantitative estimate of drug-likeness (QED) is 0.693. The van der Waals surface area contributed by atoms with Crippen LogP contribution < -0.4 is 0 Å². The van der Waals surface area contributed by atoms with Gasteiger partial charge in [0.2, 0.25) is 0 Å². The predicted molar refractivity (Wildman–Crippen MR) is 51.1 cm³/mol. The van der Waals surface area contributed by atoms with Crippen LogP contribution >= 0.6 is 11.8 Å². The minimum atomic E-state index is -1.88. The molecule has 1 saturated heterocycles. The van der Waals surface area contributed by atoms with Gasteiger partial charge in [0.1, 0.15) is 5.82 Å². The summed E-state index contributed by atoms with van der Waals surface area (Å²) in [7, 11) is 0. The Morgan fingerprint density at radius 1 is 1.43 bits per heavy atom. The van der Waals surface area contributed by atoms with E-state index in [-0.39, 0.29) is 0 Å². The Balaban J connectivity index is 2.26. The fourth-order valence-electron chi connectivity index (χ4n) is 1.51. The zero-order valence-electron chi connectivity index (χ0n) is 7.51. The molecule has 0 nitrogen and oxygen atoms in total. The molecule has 1 aliphatic heterocycles. The molecule has 0 spiro atoms. The maximum Gasteiger partial charge on any atom is 0.181 e. The van der Waals surface area contributed by atoms with E-state index in [4.69, 9.17) is 0 Å². The molecule has 1 aromatic rings. The first-order valence-electron chi connectivity index (χ1n) is 4.25. The van der Waals surface area contributed by atoms with Crippen LogP contribution in [0.2, 0.25) is 0 Å². The Morgan fingerprint density at radius 2 is 2.14 bits per heavy atom. The number of rotatable bonds is 1. The highest BCUT2D eigenvalue weighted by atomic mass is 32.2. The minimum Gasteiger partial charge on any atom is -0.238 e. The summed E-state index contributed by atoms with van der Waals surface area (Å²) in [6, 6.07) is 5.66. The molecule has 2 rings (SSSR count). The molecular weight excluding hydrogens is 209 g/mol. The summed E-state index contributed by atoms with van der Waals surface area (Å²) in [4.78, 5) is 0. The summed E-state index contributed by atoms with van der Waals surface area (Å²) in [6.07, 6.45) is 0. The Labute approximate surface area is 84.5 Å².